The summed E-state index contributed by atoms with van der Waals surface area (Å²) < 4.78 is 0. The minimum absolute atomic E-state index is 0.237. The first kappa shape index (κ1) is 16.0. The number of rotatable bonds is 5. The van der Waals surface area contributed by atoms with Crippen molar-refractivity contribution in [2.24, 2.45) is 0 Å². The summed E-state index contributed by atoms with van der Waals surface area (Å²) in [4.78, 5) is 14.9. The molecule has 23 heavy (non-hydrogen) atoms. The van der Waals surface area contributed by atoms with Crippen LogP contribution in [0.4, 0.5) is 10.5 Å². The molecule has 2 rings (SSSR count). The number of amides is 2. The van der Waals surface area contributed by atoms with E-state index in [-0.39, 0.29) is 5.76 Å². The Kier molecular flexibility index (Phi) is 5.72. The third kappa shape index (κ3) is 5.17. The monoisotopic (exact) mass is 309 g/mol. The van der Waals surface area contributed by atoms with E-state index in [0.717, 1.165) is 11.8 Å². The fourth-order valence-corrected chi connectivity index (χ4v) is 2.08. The standard InChI is InChI=1S/C17H16N4O2/c18-19-12-16(22)15(11-13-7-3-1-4-8-13)21-17(23)20-14-9-5-2-6-10-14/h1-10,12,15H,11H2,(H2-,20,21,22,23)/p+1. The van der Waals surface area contributed by atoms with Crippen LogP contribution in [0, 0.1) is 5.39 Å². The number of anilines is 1. The number of hydrogen-bond acceptors (Lipinski definition) is 3. The quantitative estimate of drug-likeness (QED) is 0.581. The summed E-state index contributed by atoms with van der Waals surface area (Å²) >= 11 is 0. The third-order valence-electron chi connectivity index (χ3n) is 3.17. The fraction of sp³-hybridized carbons (Fsp3) is 0.118. The van der Waals surface area contributed by atoms with Gasteiger partial charge >= 0.3 is 12.2 Å². The van der Waals surface area contributed by atoms with E-state index in [1.165, 1.54) is 0 Å². The molecular weight excluding hydrogens is 292 g/mol. The molecule has 0 spiro atoms. The Hall–Kier alpha value is -3.33. The summed E-state index contributed by atoms with van der Waals surface area (Å²) in [5.41, 5.74) is 1.56. The molecule has 0 aromatic heterocycles. The van der Waals surface area contributed by atoms with Crippen molar-refractivity contribution in [3.05, 3.63) is 83.2 Å². The maximum Gasteiger partial charge on any atom is 0.389 e. The molecule has 2 amide bonds. The molecule has 0 bridgehead atoms. The van der Waals surface area contributed by atoms with Gasteiger partial charge in [0, 0.05) is 12.1 Å². The van der Waals surface area contributed by atoms with Crippen molar-refractivity contribution in [1.29, 1.82) is 5.39 Å². The van der Waals surface area contributed by atoms with Crippen LogP contribution in [0.3, 0.4) is 0 Å². The smallest absolute Gasteiger partial charge is 0.389 e. The molecule has 1 unspecified atom stereocenters. The number of benzene rings is 2. The molecule has 2 aromatic rings. The highest BCUT2D eigenvalue weighted by Crippen LogP contribution is 2.10. The number of aliphatic hydroxyl groups excluding tert-OH is 1. The zero-order chi connectivity index (χ0) is 16.5. The summed E-state index contributed by atoms with van der Waals surface area (Å²) in [6, 6.07) is 17.2. The number of nitrogens with zero attached hydrogens (tertiary/aromatic N) is 2. The van der Waals surface area contributed by atoms with Crippen LogP contribution in [-0.2, 0) is 6.42 Å². The van der Waals surface area contributed by atoms with Gasteiger partial charge in [-0.05, 0) is 17.7 Å². The fourth-order valence-electron chi connectivity index (χ4n) is 2.08. The van der Waals surface area contributed by atoms with E-state index in [0.29, 0.717) is 12.1 Å². The van der Waals surface area contributed by atoms with Crippen LogP contribution >= 0.6 is 0 Å². The highest BCUT2D eigenvalue weighted by atomic mass is 16.3. The van der Waals surface area contributed by atoms with Crippen molar-refractivity contribution in [3.8, 4) is 0 Å². The molecule has 6 nitrogen and oxygen atoms in total. The number of aliphatic hydroxyl groups is 1. The van der Waals surface area contributed by atoms with Crippen LogP contribution in [0.1, 0.15) is 5.56 Å². The average molecular weight is 309 g/mol. The van der Waals surface area contributed by atoms with Gasteiger partial charge in [-0.1, -0.05) is 48.5 Å². The zero-order valence-electron chi connectivity index (χ0n) is 12.4. The van der Waals surface area contributed by atoms with Gasteiger partial charge in [0.2, 0.25) is 11.2 Å². The largest absolute Gasteiger partial charge is 0.504 e. The molecule has 0 fully saturated rings. The number of urea groups is 1. The lowest BCUT2D eigenvalue weighted by Gasteiger charge is -2.17. The van der Waals surface area contributed by atoms with E-state index < -0.39 is 12.1 Å². The second-order valence-electron chi connectivity index (χ2n) is 4.88. The molecule has 0 saturated carbocycles. The van der Waals surface area contributed by atoms with E-state index >= 15 is 0 Å². The first-order chi connectivity index (χ1) is 11.2. The van der Waals surface area contributed by atoms with Gasteiger partial charge in [-0.3, -0.25) is 0 Å². The first-order valence-electron chi connectivity index (χ1n) is 7.09. The number of carbonyl (C=O) groups excluding carboxylic acids is 1. The molecule has 0 aliphatic carbocycles. The SMILES string of the molecule is N#[N+]C=C(O)C(Cc1ccccc1)NC(=O)Nc1ccccc1. The number of nitrogens with one attached hydrogen (secondary N) is 2. The van der Waals surface area contributed by atoms with Crippen molar-refractivity contribution in [3.63, 3.8) is 0 Å². The minimum atomic E-state index is -0.711. The van der Waals surface area contributed by atoms with Crippen LogP contribution < -0.4 is 10.6 Å². The van der Waals surface area contributed by atoms with Gasteiger partial charge in [0.05, 0.1) is 6.04 Å². The molecule has 3 N–H and O–H groups in total. The molecule has 1 atom stereocenters. The molecule has 0 aliphatic heterocycles. The van der Waals surface area contributed by atoms with Crippen molar-refractivity contribution in [1.82, 2.24) is 5.32 Å². The summed E-state index contributed by atoms with van der Waals surface area (Å²) in [5.74, 6) is -0.237. The molecule has 0 saturated heterocycles. The lowest BCUT2D eigenvalue weighted by Crippen LogP contribution is -2.40. The average Bonchev–Trinajstić information content (AvgIpc) is 2.56. The Balaban J connectivity index is 2.07. The van der Waals surface area contributed by atoms with Crippen molar-refractivity contribution in [2.45, 2.75) is 12.5 Å². The van der Waals surface area contributed by atoms with Gasteiger partial charge in [0.1, 0.15) is 0 Å². The Bertz CT molecular complexity index is 708. The third-order valence-corrected chi connectivity index (χ3v) is 3.17. The number of hydrogen-bond donors (Lipinski definition) is 3. The molecule has 0 radical (unpaired) electrons. The second-order valence-corrected chi connectivity index (χ2v) is 4.88. The lowest BCUT2D eigenvalue weighted by atomic mass is 10.0. The van der Waals surface area contributed by atoms with Crippen molar-refractivity contribution < 1.29 is 9.90 Å². The van der Waals surface area contributed by atoms with E-state index in [1.54, 1.807) is 24.3 Å². The zero-order valence-corrected chi connectivity index (χ0v) is 12.4. The van der Waals surface area contributed by atoms with E-state index in [1.807, 2.05) is 36.4 Å². The van der Waals surface area contributed by atoms with Crippen molar-refractivity contribution in [2.75, 3.05) is 5.32 Å². The maximum atomic E-state index is 12.1. The maximum absolute atomic E-state index is 12.1. The Labute approximate surface area is 134 Å². The van der Waals surface area contributed by atoms with Crippen LogP contribution in [0.25, 0.3) is 4.98 Å². The summed E-state index contributed by atoms with van der Waals surface area (Å²) in [6.07, 6.45) is 1.26. The number of para-hydroxylation sites is 1. The van der Waals surface area contributed by atoms with Gasteiger partial charge in [0.15, 0.2) is 4.98 Å². The predicted molar refractivity (Wildman–Crippen MR) is 88.3 cm³/mol. The Morgan fingerprint density at radius 1 is 1.13 bits per heavy atom. The van der Waals surface area contributed by atoms with Crippen LogP contribution in [0.5, 0.6) is 0 Å². The molecule has 116 valence electrons. The van der Waals surface area contributed by atoms with E-state index in [4.69, 9.17) is 5.39 Å². The van der Waals surface area contributed by atoms with Gasteiger partial charge in [0.25, 0.3) is 0 Å². The summed E-state index contributed by atoms with van der Waals surface area (Å²) in [6.45, 7) is 0. The topological polar surface area (TPSA) is 89.5 Å². The van der Waals surface area contributed by atoms with Gasteiger partial charge < -0.3 is 15.7 Å². The molecular formula is C17H17N4O2+. The molecule has 2 aromatic carbocycles. The van der Waals surface area contributed by atoms with Crippen LogP contribution in [-0.4, -0.2) is 17.2 Å². The van der Waals surface area contributed by atoms with Gasteiger partial charge in [-0.15, -0.1) is 0 Å². The summed E-state index contributed by atoms with van der Waals surface area (Å²) in [7, 11) is 0. The Morgan fingerprint density at radius 2 is 1.74 bits per heavy atom. The van der Waals surface area contributed by atoms with E-state index in [2.05, 4.69) is 15.6 Å². The number of diazo groups is 1. The minimum Gasteiger partial charge on any atom is -0.504 e. The van der Waals surface area contributed by atoms with Gasteiger partial charge in [-0.25, -0.2) is 4.79 Å². The highest BCUT2D eigenvalue weighted by molar-refractivity contribution is 5.89. The lowest BCUT2D eigenvalue weighted by molar-refractivity contribution is 0.245. The molecule has 0 aliphatic rings. The van der Waals surface area contributed by atoms with E-state index in [9.17, 15) is 9.90 Å². The van der Waals surface area contributed by atoms with Gasteiger partial charge in [-0.2, -0.15) is 0 Å². The number of carbonyl (C=O) groups is 1. The molecule has 0 heterocycles. The second kappa shape index (κ2) is 8.20. The van der Waals surface area contributed by atoms with Crippen LogP contribution in [0.15, 0.2) is 72.6 Å². The normalized spacial score (nSPS) is 12.0. The predicted octanol–water partition coefficient (Wildman–Crippen LogP) is 3.67. The first-order valence-corrected chi connectivity index (χ1v) is 7.09. The Morgan fingerprint density at radius 3 is 2.35 bits per heavy atom. The summed E-state index contributed by atoms with van der Waals surface area (Å²) in [5, 5.41) is 23.9. The van der Waals surface area contributed by atoms with Crippen molar-refractivity contribution >= 4 is 11.7 Å². The van der Waals surface area contributed by atoms with Crippen LogP contribution in [0.2, 0.25) is 0 Å². The highest BCUT2D eigenvalue weighted by Gasteiger charge is 2.20. The molecule has 6 heteroatoms.